The molecule has 0 aromatic carbocycles. The number of pyridine rings is 1. The Kier molecular flexibility index (Phi) is 5.41. The lowest BCUT2D eigenvalue weighted by atomic mass is 10.2. The van der Waals surface area contributed by atoms with Crippen LogP contribution in [0.15, 0.2) is 30.6 Å². The molecular weight excluding hydrogens is 278 g/mol. The SMILES string of the molecule is CCCCN(Cc1ccncc1)C(=O)c1cc(C)nc(N)n1. The second-order valence-corrected chi connectivity index (χ2v) is 5.19. The number of amides is 1. The van der Waals surface area contributed by atoms with Gasteiger partial charge in [0.2, 0.25) is 5.95 Å². The minimum atomic E-state index is -0.123. The zero-order valence-corrected chi connectivity index (χ0v) is 13.0. The highest BCUT2D eigenvalue weighted by molar-refractivity contribution is 5.92. The highest BCUT2D eigenvalue weighted by atomic mass is 16.2. The standard InChI is InChI=1S/C16H21N5O/c1-3-4-9-21(11-13-5-7-18-8-6-13)15(22)14-10-12(2)19-16(17)20-14/h5-8,10H,3-4,9,11H2,1-2H3,(H2,17,19,20). The zero-order valence-electron chi connectivity index (χ0n) is 13.0. The molecule has 2 aromatic rings. The van der Waals surface area contributed by atoms with Gasteiger partial charge < -0.3 is 10.6 Å². The number of hydrogen-bond acceptors (Lipinski definition) is 5. The van der Waals surface area contributed by atoms with Crippen LogP contribution in [-0.4, -0.2) is 32.3 Å². The first-order valence-electron chi connectivity index (χ1n) is 7.39. The van der Waals surface area contributed by atoms with Gasteiger partial charge in [-0.25, -0.2) is 9.97 Å². The molecule has 0 bridgehead atoms. The molecule has 0 unspecified atom stereocenters. The monoisotopic (exact) mass is 299 g/mol. The van der Waals surface area contributed by atoms with Crippen molar-refractivity contribution in [2.75, 3.05) is 12.3 Å². The van der Waals surface area contributed by atoms with Gasteiger partial charge in [0.05, 0.1) is 0 Å². The number of nitrogen functional groups attached to an aromatic ring is 1. The maximum atomic E-state index is 12.7. The summed E-state index contributed by atoms with van der Waals surface area (Å²) in [4.78, 5) is 26.6. The van der Waals surface area contributed by atoms with Crippen molar-refractivity contribution in [3.63, 3.8) is 0 Å². The van der Waals surface area contributed by atoms with E-state index in [1.54, 1.807) is 30.3 Å². The zero-order chi connectivity index (χ0) is 15.9. The van der Waals surface area contributed by atoms with E-state index in [0.717, 1.165) is 18.4 Å². The van der Waals surface area contributed by atoms with Gasteiger partial charge in [-0.15, -0.1) is 0 Å². The molecule has 0 aliphatic carbocycles. The van der Waals surface area contributed by atoms with Crippen molar-refractivity contribution in [3.8, 4) is 0 Å². The molecule has 2 N–H and O–H groups in total. The average molecular weight is 299 g/mol. The third-order valence-corrected chi connectivity index (χ3v) is 3.28. The molecule has 6 heteroatoms. The van der Waals surface area contributed by atoms with E-state index in [2.05, 4.69) is 21.9 Å². The Bertz CT molecular complexity index is 609. The van der Waals surface area contributed by atoms with Gasteiger partial charge in [-0.3, -0.25) is 9.78 Å². The van der Waals surface area contributed by atoms with Gasteiger partial charge >= 0.3 is 0 Å². The van der Waals surface area contributed by atoms with Crippen LogP contribution in [0.4, 0.5) is 5.95 Å². The van der Waals surface area contributed by atoms with E-state index in [9.17, 15) is 4.79 Å². The van der Waals surface area contributed by atoms with Gasteiger partial charge in [0, 0.05) is 31.2 Å². The van der Waals surface area contributed by atoms with Gasteiger partial charge in [-0.2, -0.15) is 0 Å². The largest absolute Gasteiger partial charge is 0.368 e. The van der Waals surface area contributed by atoms with E-state index in [1.165, 1.54) is 0 Å². The summed E-state index contributed by atoms with van der Waals surface area (Å²) < 4.78 is 0. The van der Waals surface area contributed by atoms with Crippen LogP contribution < -0.4 is 5.73 Å². The van der Waals surface area contributed by atoms with Gasteiger partial charge in [0.15, 0.2) is 0 Å². The molecule has 0 atom stereocenters. The van der Waals surface area contributed by atoms with E-state index in [1.807, 2.05) is 12.1 Å². The van der Waals surface area contributed by atoms with Crippen molar-refractivity contribution in [2.24, 2.45) is 0 Å². The summed E-state index contributed by atoms with van der Waals surface area (Å²) in [5.41, 5.74) is 7.72. The average Bonchev–Trinajstić information content (AvgIpc) is 2.50. The number of carbonyl (C=O) groups is 1. The van der Waals surface area contributed by atoms with Gasteiger partial charge in [0.25, 0.3) is 5.91 Å². The first-order valence-corrected chi connectivity index (χ1v) is 7.39. The van der Waals surface area contributed by atoms with Crippen LogP contribution in [0.1, 0.15) is 41.5 Å². The Labute approximate surface area is 130 Å². The van der Waals surface area contributed by atoms with E-state index in [0.29, 0.717) is 24.5 Å². The molecule has 116 valence electrons. The molecule has 0 radical (unpaired) electrons. The third-order valence-electron chi connectivity index (χ3n) is 3.28. The van der Waals surface area contributed by atoms with Crippen molar-refractivity contribution in [1.29, 1.82) is 0 Å². The molecule has 2 aromatic heterocycles. The van der Waals surface area contributed by atoms with E-state index in [4.69, 9.17) is 5.73 Å². The number of rotatable bonds is 6. The molecular formula is C16H21N5O. The fourth-order valence-corrected chi connectivity index (χ4v) is 2.17. The van der Waals surface area contributed by atoms with Crippen LogP contribution in [0.5, 0.6) is 0 Å². The summed E-state index contributed by atoms with van der Waals surface area (Å²) in [5.74, 6) is 0.00478. The number of carbonyl (C=O) groups excluding carboxylic acids is 1. The summed E-state index contributed by atoms with van der Waals surface area (Å²) in [6, 6.07) is 5.49. The number of unbranched alkanes of at least 4 members (excludes halogenated alkanes) is 1. The number of hydrogen-bond donors (Lipinski definition) is 1. The second-order valence-electron chi connectivity index (χ2n) is 5.19. The van der Waals surface area contributed by atoms with Gasteiger partial charge in [-0.05, 0) is 37.1 Å². The topological polar surface area (TPSA) is 85.0 Å². The first-order chi connectivity index (χ1) is 10.6. The molecule has 6 nitrogen and oxygen atoms in total. The Morgan fingerprint density at radius 1 is 1.27 bits per heavy atom. The van der Waals surface area contributed by atoms with Crippen LogP contribution in [0, 0.1) is 6.92 Å². The first kappa shape index (κ1) is 15.9. The Morgan fingerprint density at radius 3 is 2.64 bits per heavy atom. The number of aromatic nitrogens is 3. The second kappa shape index (κ2) is 7.49. The van der Waals surface area contributed by atoms with Crippen molar-refractivity contribution >= 4 is 11.9 Å². The normalized spacial score (nSPS) is 10.5. The predicted octanol–water partition coefficient (Wildman–Crippen LogP) is 2.20. The summed E-state index contributed by atoms with van der Waals surface area (Å²) in [6.07, 6.45) is 5.41. The molecule has 22 heavy (non-hydrogen) atoms. The number of nitrogens with zero attached hydrogens (tertiary/aromatic N) is 4. The molecule has 1 amide bonds. The lowest BCUT2D eigenvalue weighted by Gasteiger charge is -2.22. The molecule has 0 fully saturated rings. The van der Waals surface area contributed by atoms with Crippen molar-refractivity contribution in [3.05, 3.63) is 47.5 Å². The Hall–Kier alpha value is -2.50. The molecule has 0 aliphatic rings. The van der Waals surface area contributed by atoms with E-state index < -0.39 is 0 Å². The number of nitrogens with two attached hydrogens (primary N) is 1. The van der Waals surface area contributed by atoms with Crippen LogP contribution in [0.2, 0.25) is 0 Å². The molecule has 0 spiro atoms. The predicted molar refractivity (Wildman–Crippen MR) is 85.1 cm³/mol. The van der Waals surface area contributed by atoms with Crippen molar-refractivity contribution in [2.45, 2.75) is 33.2 Å². The molecule has 2 rings (SSSR count). The third kappa shape index (κ3) is 4.25. The lowest BCUT2D eigenvalue weighted by Crippen LogP contribution is -2.32. The van der Waals surface area contributed by atoms with E-state index in [-0.39, 0.29) is 11.9 Å². The van der Waals surface area contributed by atoms with Gasteiger partial charge in [-0.1, -0.05) is 13.3 Å². The summed E-state index contributed by atoms with van der Waals surface area (Å²) in [7, 11) is 0. The molecule has 0 saturated heterocycles. The van der Waals surface area contributed by atoms with Crippen molar-refractivity contribution < 1.29 is 4.79 Å². The maximum absolute atomic E-state index is 12.7. The summed E-state index contributed by atoms with van der Waals surface area (Å²) in [6.45, 7) is 5.11. The highest BCUT2D eigenvalue weighted by Gasteiger charge is 2.18. The van der Waals surface area contributed by atoms with Gasteiger partial charge in [0.1, 0.15) is 5.69 Å². The van der Waals surface area contributed by atoms with Crippen LogP contribution in [0.25, 0.3) is 0 Å². The molecule has 0 aliphatic heterocycles. The van der Waals surface area contributed by atoms with Crippen LogP contribution >= 0.6 is 0 Å². The number of aryl methyl sites for hydroxylation is 1. The fourth-order valence-electron chi connectivity index (χ4n) is 2.17. The molecule has 2 heterocycles. The smallest absolute Gasteiger partial charge is 0.272 e. The lowest BCUT2D eigenvalue weighted by molar-refractivity contribution is 0.0734. The quantitative estimate of drug-likeness (QED) is 0.884. The Morgan fingerprint density at radius 2 is 2.00 bits per heavy atom. The minimum Gasteiger partial charge on any atom is -0.368 e. The Balaban J connectivity index is 2.21. The summed E-state index contributed by atoms with van der Waals surface area (Å²) in [5, 5.41) is 0. The van der Waals surface area contributed by atoms with Crippen LogP contribution in [-0.2, 0) is 6.54 Å². The highest BCUT2D eigenvalue weighted by Crippen LogP contribution is 2.11. The van der Waals surface area contributed by atoms with E-state index >= 15 is 0 Å². The number of anilines is 1. The minimum absolute atomic E-state index is 0.123. The summed E-state index contributed by atoms with van der Waals surface area (Å²) >= 11 is 0. The van der Waals surface area contributed by atoms with Crippen LogP contribution in [0.3, 0.4) is 0 Å². The molecule has 0 saturated carbocycles. The fraction of sp³-hybridized carbons (Fsp3) is 0.375. The maximum Gasteiger partial charge on any atom is 0.272 e. The van der Waals surface area contributed by atoms with Crippen molar-refractivity contribution in [1.82, 2.24) is 19.9 Å².